The van der Waals surface area contributed by atoms with Crippen LogP contribution in [0.25, 0.3) is 0 Å². The molecular formula is C23H32O6. The fourth-order valence-corrected chi connectivity index (χ4v) is 3.62. The lowest BCUT2D eigenvalue weighted by Crippen LogP contribution is -2.20. The first-order chi connectivity index (χ1) is 14.0. The number of rotatable bonds is 12. The number of carboxylic acids is 1. The van der Waals surface area contributed by atoms with Crippen molar-refractivity contribution < 1.29 is 30.0 Å². The summed E-state index contributed by atoms with van der Waals surface area (Å²) in [4.78, 5) is 10.5. The van der Waals surface area contributed by atoms with Crippen LogP contribution in [-0.4, -0.2) is 51.3 Å². The van der Waals surface area contributed by atoms with E-state index >= 15 is 0 Å². The Kier molecular flexibility index (Phi) is 9.91. The van der Waals surface area contributed by atoms with Gasteiger partial charge in [0.15, 0.2) is 0 Å². The minimum Gasteiger partial charge on any atom is -0.493 e. The Hall–Kier alpha value is -2.15. The van der Waals surface area contributed by atoms with Crippen LogP contribution in [0.4, 0.5) is 0 Å². The zero-order valence-corrected chi connectivity index (χ0v) is 16.6. The average Bonchev–Trinajstić information content (AvgIpc) is 2.96. The van der Waals surface area contributed by atoms with Crippen LogP contribution in [0.2, 0.25) is 0 Å². The summed E-state index contributed by atoms with van der Waals surface area (Å²) in [6, 6.07) is 9.41. The molecule has 4 N–H and O–H groups in total. The minimum absolute atomic E-state index is 0.121. The van der Waals surface area contributed by atoms with Gasteiger partial charge in [0, 0.05) is 25.2 Å². The van der Waals surface area contributed by atoms with Crippen molar-refractivity contribution >= 4 is 5.97 Å². The molecule has 0 amide bonds. The van der Waals surface area contributed by atoms with Crippen molar-refractivity contribution in [2.75, 3.05) is 6.61 Å². The maximum Gasteiger partial charge on any atom is 0.303 e. The van der Waals surface area contributed by atoms with Gasteiger partial charge in [-0.3, -0.25) is 4.79 Å². The Morgan fingerprint density at radius 1 is 1.17 bits per heavy atom. The van der Waals surface area contributed by atoms with E-state index in [9.17, 15) is 20.1 Å². The van der Waals surface area contributed by atoms with E-state index in [1.54, 1.807) is 12.2 Å². The van der Waals surface area contributed by atoms with Gasteiger partial charge in [-0.2, -0.15) is 0 Å². The number of benzene rings is 1. The second kappa shape index (κ2) is 12.4. The molecule has 160 valence electrons. The van der Waals surface area contributed by atoms with Crippen molar-refractivity contribution in [1.29, 1.82) is 0 Å². The van der Waals surface area contributed by atoms with E-state index in [0.29, 0.717) is 38.7 Å². The first-order valence-corrected chi connectivity index (χ1v) is 10.2. The monoisotopic (exact) mass is 404 g/mol. The van der Waals surface area contributed by atoms with Crippen molar-refractivity contribution in [2.45, 2.75) is 56.8 Å². The van der Waals surface area contributed by atoms with Crippen LogP contribution in [0.1, 0.15) is 38.5 Å². The number of hydrogen-bond acceptors (Lipinski definition) is 5. The number of aliphatic carboxylic acids is 1. The molecule has 0 bridgehead atoms. The van der Waals surface area contributed by atoms with Crippen molar-refractivity contribution in [3.63, 3.8) is 0 Å². The lowest BCUT2D eigenvalue weighted by molar-refractivity contribution is -0.137. The molecule has 1 aromatic carbocycles. The third-order valence-electron chi connectivity index (χ3n) is 5.23. The molecule has 5 atom stereocenters. The van der Waals surface area contributed by atoms with Crippen LogP contribution in [0.3, 0.4) is 0 Å². The molecule has 1 fully saturated rings. The van der Waals surface area contributed by atoms with Gasteiger partial charge in [0.2, 0.25) is 0 Å². The highest BCUT2D eigenvalue weighted by molar-refractivity contribution is 5.66. The summed E-state index contributed by atoms with van der Waals surface area (Å²) in [5, 5.41) is 39.3. The number of aliphatic hydroxyl groups is 3. The summed E-state index contributed by atoms with van der Waals surface area (Å²) in [5.74, 6) is -0.387. The molecule has 0 spiro atoms. The number of carboxylic acid groups (broad SMARTS) is 1. The molecule has 1 aromatic rings. The second-order valence-corrected chi connectivity index (χ2v) is 7.51. The molecule has 1 aliphatic carbocycles. The molecule has 6 nitrogen and oxygen atoms in total. The Bertz CT molecular complexity index is 657. The fourth-order valence-electron chi connectivity index (χ4n) is 3.62. The Balaban J connectivity index is 1.77. The third-order valence-corrected chi connectivity index (χ3v) is 5.23. The maximum absolute atomic E-state index is 10.5. The number of hydrogen-bond donors (Lipinski definition) is 4. The van der Waals surface area contributed by atoms with Crippen LogP contribution < -0.4 is 4.74 Å². The maximum atomic E-state index is 10.5. The normalized spacial score (nSPS) is 25.6. The van der Waals surface area contributed by atoms with Crippen LogP contribution in [0.15, 0.2) is 54.6 Å². The molecule has 0 aliphatic heterocycles. The molecule has 0 saturated heterocycles. The quantitative estimate of drug-likeness (QED) is 0.315. The van der Waals surface area contributed by atoms with Gasteiger partial charge in [-0.1, -0.05) is 42.5 Å². The summed E-state index contributed by atoms with van der Waals surface area (Å²) in [7, 11) is 0. The Morgan fingerprint density at radius 2 is 1.93 bits per heavy atom. The number of unbranched alkanes of at least 4 members (excludes halogenated alkanes) is 1. The van der Waals surface area contributed by atoms with E-state index in [2.05, 4.69) is 0 Å². The van der Waals surface area contributed by atoms with E-state index in [0.717, 1.165) is 5.75 Å². The van der Waals surface area contributed by atoms with Gasteiger partial charge >= 0.3 is 5.97 Å². The number of carbonyl (C=O) groups is 1. The summed E-state index contributed by atoms with van der Waals surface area (Å²) in [5.41, 5.74) is 0. The van der Waals surface area contributed by atoms with Gasteiger partial charge in [-0.25, -0.2) is 0 Å². The van der Waals surface area contributed by atoms with E-state index < -0.39 is 24.3 Å². The van der Waals surface area contributed by atoms with Gasteiger partial charge in [-0.05, 0) is 37.3 Å². The number of aliphatic hydroxyl groups excluding tert-OH is 3. The second-order valence-electron chi connectivity index (χ2n) is 7.51. The molecule has 6 heteroatoms. The van der Waals surface area contributed by atoms with Crippen molar-refractivity contribution in [3.05, 3.63) is 54.6 Å². The van der Waals surface area contributed by atoms with Gasteiger partial charge in [0.25, 0.3) is 0 Å². The molecule has 5 unspecified atom stereocenters. The standard InChI is InChI=1S/C23H32O6/c24-17(14-15-29-18-8-4-3-5-9-18)12-13-20-19(21(25)16-22(20)26)10-6-1-2-7-11-23(27)28/h1,3-6,8-9,12-13,17,19-22,24-26H,2,7,10-11,14-16H2,(H,27,28). The van der Waals surface area contributed by atoms with Gasteiger partial charge in [0.05, 0.1) is 24.9 Å². The van der Waals surface area contributed by atoms with Crippen LogP contribution in [0.5, 0.6) is 5.75 Å². The number of allylic oxidation sites excluding steroid dienone is 2. The van der Waals surface area contributed by atoms with Crippen molar-refractivity contribution in [3.8, 4) is 5.75 Å². The zero-order valence-electron chi connectivity index (χ0n) is 16.6. The van der Waals surface area contributed by atoms with Gasteiger partial charge in [-0.15, -0.1) is 0 Å². The van der Waals surface area contributed by atoms with Crippen LogP contribution in [-0.2, 0) is 4.79 Å². The van der Waals surface area contributed by atoms with Crippen LogP contribution >= 0.6 is 0 Å². The highest BCUT2D eigenvalue weighted by atomic mass is 16.5. The predicted molar refractivity (Wildman–Crippen MR) is 111 cm³/mol. The van der Waals surface area contributed by atoms with Crippen molar-refractivity contribution in [1.82, 2.24) is 0 Å². The largest absolute Gasteiger partial charge is 0.493 e. The molecule has 29 heavy (non-hydrogen) atoms. The van der Waals surface area contributed by atoms with Gasteiger partial charge < -0.3 is 25.2 Å². The first kappa shape index (κ1) is 23.1. The summed E-state index contributed by atoms with van der Waals surface area (Å²) < 4.78 is 5.58. The van der Waals surface area contributed by atoms with E-state index in [1.165, 1.54) is 0 Å². The molecule has 1 aliphatic rings. The van der Waals surface area contributed by atoms with E-state index in [1.807, 2.05) is 42.5 Å². The molecule has 0 heterocycles. The topological polar surface area (TPSA) is 107 Å². The Morgan fingerprint density at radius 3 is 2.66 bits per heavy atom. The molecular weight excluding hydrogens is 372 g/mol. The first-order valence-electron chi connectivity index (χ1n) is 10.2. The smallest absolute Gasteiger partial charge is 0.303 e. The zero-order chi connectivity index (χ0) is 21.1. The highest BCUT2D eigenvalue weighted by Crippen LogP contribution is 2.36. The molecule has 0 radical (unpaired) electrons. The van der Waals surface area contributed by atoms with Crippen LogP contribution in [0, 0.1) is 11.8 Å². The van der Waals surface area contributed by atoms with Crippen molar-refractivity contribution in [2.24, 2.45) is 11.8 Å². The minimum atomic E-state index is -0.800. The van der Waals surface area contributed by atoms with E-state index in [-0.39, 0.29) is 18.3 Å². The summed E-state index contributed by atoms with van der Waals surface area (Å²) in [6.07, 6.45) is 8.19. The third kappa shape index (κ3) is 8.40. The lowest BCUT2D eigenvalue weighted by Gasteiger charge is -2.19. The SMILES string of the molecule is O=C(O)CCCC=CCC1C(O)CC(O)C1C=CC(O)CCOc1ccccc1. The van der Waals surface area contributed by atoms with Gasteiger partial charge in [0.1, 0.15) is 5.75 Å². The average molecular weight is 405 g/mol. The lowest BCUT2D eigenvalue weighted by atomic mass is 9.89. The highest BCUT2D eigenvalue weighted by Gasteiger charge is 2.39. The number of para-hydroxylation sites is 1. The molecule has 2 rings (SSSR count). The molecule has 0 aromatic heterocycles. The molecule has 1 saturated carbocycles. The Labute approximate surface area is 172 Å². The number of ether oxygens (including phenoxy) is 1. The van der Waals surface area contributed by atoms with E-state index in [4.69, 9.17) is 9.84 Å². The fraction of sp³-hybridized carbons (Fsp3) is 0.522. The predicted octanol–water partition coefficient (Wildman–Crippen LogP) is 2.93. The summed E-state index contributed by atoms with van der Waals surface area (Å²) >= 11 is 0. The summed E-state index contributed by atoms with van der Waals surface area (Å²) in [6.45, 7) is 0.383.